The summed E-state index contributed by atoms with van der Waals surface area (Å²) in [6.45, 7) is 7.07. The first-order valence-electron chi connectivity index (χ1n) is 8.51. The number of hydrogen-bond acceptors (Lipinski definition) is 3. The predicted molar refractivity (Wildman–Crippen MR) is 93.2 cm³/mol. The van der Waals surface area contributed by atoms with Crippen LogP contribution in [0.1, 0.15) is 41.0 Å². The Labute approximate surface area is 147 Å². The maximum atomic E-state index is 13.1. The third-order valence-corrected chi connectivity index (χ3v) is 4.67. The molecule has 0 bridgehead atoms. The number of carboxylic acids is 1. The molecule has 1 unspecified atom stereocenters. The molecule has 3 rings (SSSR count). The molecule has 1 N–H and O–H groups in total. The first-order valence-corrected chi connectivity index (χ1v) is 8.51. The number of hydrogen-bond donors (Lipinski definition) is 1. The van der Waals surface area contributed by atoms with Crippen molar-refractivity contribution in [2.75, 3.05) is 0 Å². The minimum Gasteiger partial charge on any atom is -0.480 e. The highest BCUT2D eigenvalue weighted by Crippen LogP contribution is 2.26. The zero-order valence-electron chi connectivity index (χ0n) is 14.8. The monoisotopic (exact) mass is 341 g/mol. The molecular formula is C19H23N3O3. The van der Waals surface area contributed by atoms with Crippen molar-refractivity contribution < 1.29 is 14.7 Å². The zero-order chi connectivity index (χ0) is 18.1. The second-order valence-electron chi connectivity index (χ2n) is 6.98. The molecule has 0 aliphatic carbocycles. The van der Waals surface area contributed by atoms with Crippen LogP contribution in [0, 0.1) is 12.8 Å². The van der Waals surface area contributed by atoms with Crippen LogP contribution in [0.4, 0.5) is 0 Å². The highest BCUT2D eigenvalue weighted by Gasteiger charge is 2.36. The number of aliphatic carboxylic acids is 1. The van der Waals surface area contributed by atoms with Gasteiger partial charge in [0.15, 0.2) is 0 Å². The van der Waals surface area contributed by atoms with Crippen molar-refractivity contribution >= 4 is 11.9 Å². The van der Waals surface area contributed by atoms with Gasteiger partial charge in [-0.3, -0.25) is 9.48 Å². The minimum atomic E-state index is -0.977. The average Bonchev–Trinajstić information content (AvgIpc) is 2.93. The molecule has 1 aromatic heterocycles. The molecule has 0 radical (unpaired) electrons. The SMILES string of the molecule is Cc1c(C(=O)N2Cc3ccccc3CC2C(=O)O)cnn1CC(C)C. The number of carbonyl (C=O) groups is 2. The van der Waals surface area contributed by atoms with E-state index in [0.29, 0.717) is 24.4 Å². The van der Waals surface area contributed by atoms with E-state index in [2.05, 4.69) is 18.9 Å². The largest absolute Gasteiger partial charge is 0.480 e. The summed E-state index contributed by atoms with van der Waals surface area (Å²) >= 11 is 0. The maximum Gasteiger partial charge on any atom is 0.326 e. The van der Waals surface area contributed by atoms with E-state index in [1.807, 2.05) is 35.9 Å². The second kappa shape index (κ2) is 6.70. The number of carboxylic acid groups (broad SMARTS) is 1. The van der Waals surface area contributed by atoms with E-state index in [4.69, 9.17) is 0 Å². The molecule has 1 aliphatic heterocycles. The van der Waals surface area contributed by atoms with Crippen LogP contribution in [-0.4, -0.2) is 37.7 Å². The van der Waals surface area contributed by atoms with E-state index in [1.54, 1.807) is 6.20 Å². The highest BCUT2D eigenvalue weighted by molar-refractivity contribution is 5.97. The second-order valence-corrected chi connectivity index (χ2v) is 6.98. The zero-order valence-corrected chi connectivity index (χ0v) is 14.8. The Balaban J connectivity index is 1.93. The Kier molecular flexibility index (Phi) is 4.61. The van der Waals surface area contributed by atoms with Crippen LogP contribution in [0.5, 0.6) is 0 Å². The van der Waals surface area contributed by atoms with Gasteiger partial charge in [0.05, 0.1) is 11.8 Å². The van der Waals surface area contributed by atoms with Crippen molar-refractivity contribution in [3.8, 4) is 0 Å². The smallest absolute Gasteiger partial charge is 0.326 e. The Hall–Kier alpha value is -2.63. The van der Waals surface area contributed by atoms with Crippen LogP contribution in [0.2, 0.25) is 0 Å². The van der Waals surface area contributed by atoms with E-state index in [-0.39, 0.29) is 5.91 Å². The van der Waals surface area contributed by atoms with Crippen LogP contribution in [0.25, 0.3) is 0 Å². The Morgan fingerprint density at radius 2 is 1.96 bits per heavy atom. The predicted octanol–water partition coefficient (Wildman–Crippen LogP) is 2.50. The molecule has 1 atom stereocenters. The third-order valence-electron chi connectivity index (χ3n) is 4.67. The lowest BCUT2D eigenvalue weighted by Crippen LogP contribution is -2.48. The number of fused-ring (bicyclic) bond motifs is 1. The van der Waals surface area contributed by atoms with Gasteiger partial charge in [0.2, 0.25) is 0 Å². The summed E-state index contributed by atoms with van der Waals surface area (Å²) in [6, 6.07) is 6.83. The van der Waals surface area contributed by atoms with Gasteiger partial charge in [0.1, 0.15) is 6.04 Å². The molecule has 0 fully saturated rings. The summed E-state index contributed by atoms with van der Waals surface area (Å²) < 4.78 is 1.81. The Bertz CT molecular complexity index is 810. The number of nitrogens with zero attached hydrogens (tertiary/aromatic N) is 3. The van der Waals surface area contributed by atoms with Crippen LogP contribution in [-0.2, 0) is 24.3 Å². The van der Waals surface area contributed by atoms with Crippen molar-refractivity contribution in [1.29, 1.82) is 0 Å². The number of benzene rings is 1. The Morgan fingerprint density at radius 3 is 2.60 bits per heavy atom. The summed E-state index contributed by atoms with van der Waals surface area (Å²) in [4.78, 5) is 26.2. The van der Waals surface area contributed by atoms with Crippen molar-refractivity contribution in [3.63, 3.8) is 0 Å². The van der Waals surface area contributed by atoms with E-state index in [1.165, 1.54) is 4.90 Å². The number of aromatic nitrogens is 2. The molecule has 132 valence electrons. The van der Waals surface area contributed by atoms with Gasteiger partial charge in [0, 0.05) is 25.2 Å². The van der Waals surface area contributed by atoms with Gasteiger partial charge in [-0.2, -0.15) is 5.10 Å². The van der Waals surface area contributed by atoms with Crippen molar-refractivity contribution in [2.45, 2.75) is 46.3 Å². The summed E-state index contributed by atoms with van der Waals surface area (Å²) in [6.07, 6.45) is 1.88. The Morgan fingerprint density at radius 1 is 1.28 bits per heavy atom. The summed E-state index contributed by atoms with van der Waals surface area (Å²) in [5.41, 5.74) is 3.25. The standard InChI is InChI=1S/C19H23N3O3/c1-12(2)10-22-13(3)16(9-20-22)18(23)21-11-15-7-5-4-6-14(15)8-17(21)19(24)25/h4-7,9,12,17H,8,10-11H2,1-3H3,(H,24,25). The van der Waals surface area contributed by atoms with E-state index >= 15 is 0 Å². The normalized spacial score (nSPS) is 16.8. The summed E-state index contributed by atoms with van der Waals surface area (Å²) in [5.74, 6) is -0.834. The number of carbonyl (C=O) groups excluding carboxylic acids is 1. The van der Waals surface area contributed by atoms with E-state index < -0.39 is 12.0 Å². The lowest BCUT2D eigenvalue weighted by atomic mass is 9.93. The molecule has 1 aliphatic rings. The molecule has 1 amide bonds. The van der Waals surface area contributed by atoms with Gasteiger partial charge in [-0.1, -0.05) is 38.1 Å². The van der Waals surface area contributed by atoms with E-state index in [0.717, 1.165) is 23.4 Å². The number of amides is 1. The van der Waals surface area contributed by atoms with Gasteiger partial charge < -0.3 is 10.0 Å². The lowest BCUT2D eigenvalue weighted by Gasteiger charge is -2.34. The van der Waals surface area contributed by atoms with Crippen molar-refractivity contribution in [2.24, 2.45) is 5.92 Å². The third kappa shape index (κ3) is 3.29. The van der Waals surface area contributed by atoms with Gasteiger partial charge in [0.25, 0.3) is 5.91 Å². The summed E-state index contributed by atoms with van der Waals surface area (Å²) in [7, 11) is 0. The van der Waals surface area contributed by atoms with Gasteiger partial charge >= 0.3 is 5.97 Å². The fourth-order valence-corrected chi connectivity index (χ4v) is 3.30. The molecule has 2 heterocycles. The lowest BCUT2D eigenvalue weighted by molar-refractivity contribution is -0.142. The van der Waals surface area contributed by atoms with Gasteiger partial charge in [-0.15, -0.1) is 0 Å². The van der Waals surface area contributed by atoms with Crippen LogP contribution >= 0.6 is 0 Å². The topological polar surface area (TPSA) is 75.4 Å². The molecular weight excluding hydrogens is 318 g/mol. The molecule has 0 saturated heterocycles. The van der Waals surface area contributed by atoms with Crippen LogP contribution in [0.3, 0.4) is 0 Å². The maximum absolute atomic E-state index is 13.1. The van der Waals surface area contributed by atoms with Gasteiger partial charge in [-0.25, -0.2) is 4.79 Å². The minimum absolute atomic E-state index is 0.269. The molecule has 25 heavy (non-hydrogen) atoms. The first kappa shape index (κ1) is 17.2. The molecule has 0 spiro atoms. The number of rotatable bonds is 4. The quantitative estimate of drug-likeness (QED) is 0.927. The average molecular weight is 341 g/mol. The fraction of sp³-hybridized carbons (Fsp3) is 0.421. The molecule has 0 saturated carbocycles. The van der Waals surface area contributed by atoms with Crippen LogP contribution in [0.15, 0.2) is 30.5 Å². The highest BCUT2D eigenvalue weighted by atomic mass is 16.4. The molecule has 6 heteroatoms. The first-order chi connectivity index (χ1) is 11.9. The van der Waals surface area contributed by atoms with Crippen molar-refractivity contribution in [1.82, 2.24) is 14.7 Å². The molecule has 2 aromatic rings. The van der Waals surface area contributed by atoms with E-state index in [9.17, 15) is 14.7 Å². The van der Waals surface area contributed by atoms with Crippen molar-refractivity contribution in [3.05, 3.63) is 52.8 Å². The summed E-state index contributed by atoms with van der Waals surface area (Å²) in [5, 5.41) is 13.9. The van der Waals surface area contributed by atoms with Crippen LogP contribution < -0.4 is 0 Å². The fourth-order valence-electron chi connectivity index (χ4n) is 3.30. The van der Waals surface area contributed by atoms with Gasteiger partial charge in [-0.05, 0) is 24.0 Å². The molecule has 6 nitrogen and oxygen atoms in total. The molecule has 1 aromatic carbocycles.